The van der Waals surface area contributed by atoms with E-state index in [2.05, 4.69) is 20.8 Å². The molecule has 24 heavy (non-hydrogen) atoms. The van der Waals surface area contributed by atoms with Gasteiger partial charge in [-0.3, -0.25) is 9.17 Å². The van der Waals surface area contributed by atoms with E-state index in [1.54, 1.807) is 6.07 Å². The highest BCUT2D eigenvalue weighted by molar-refractivity contribution is 7.10. The summed E-state index contributed by atoms with van der Waals surface area (Å²) in [4.78, 5) is 16.5. The zero-order valence-corrected chi connectivity index (χ0v) is 14.1. The molecule has 0 bridgehead atoms. The lowest BCUT2D eigenvalue weighted by atomic mass is 9.94. The summed E-state index contributed by atoms with van der Waals surface area (Å²) in [6.45, 7) is 5.90. The molecular weight excluding hydrogens is 325 g/mol. The molecule has 3 aliphatic rings. The van der Waals surface area contributed by atoms with Gasteiger partial charge in [-0.25, -0.2) is 4.39 Å². The van der Waals surface area contributed by atoms with Crippen LogP contribution in [0.3, 0.4) is 0 Å². The fraction of sp³-hybridized carbons (Fsp3) is 0.389. The van der Waals surface area contributed by atoms with Gasteiger partial charge >= 0.3 is 0 Å². The predicted octanol–water partition coefficient (Wildman–Crippen LogP) is 3.85. The van der Waals surface area contributed by atoms with Crippen LogP contribution in [0.1, 0.15) is 36.8 Å². The lowest BCUT2D eigenvalue weighted by Gasteiger charge is -2.33. The SMILES string of the molecule is C=C1c2cc(F)c(N3CCCC3)cc2N(C2CC2)c2s[nH]c(=O)c21. The van der Waals surface area contributed by atoms with E-state index in [-0.39, 0.29) is 11.4 Å². The number of hydrogen-bond acceptors (Lipinski definition) is 4. The summed E-state index contributed by atoms with van der Waals surface area (Å²) >= 11 is 1.36. The molecule has 0 unspecified atom stereocenters. The van der Waals surface area contributed by atoms with E-state index in [1.165, 1.54) is 11.5 Å². The van der Waals surface area contributed by atoms with Gasteiger partial charge in [-0.2, -0.15) is 0 Å². The average Bonchev–Trinajstić information content (AvgIpc) is 3.10. The van der Waals surface area contributed by atoms with Crippen LogP contribution in [0.5, 0.6) is 0 Å². The van der Waals surface area contributed by atoms with Crippen molar-refractivity contribution >= 4 is 33.5 Å². The smallest absolute Gasteiger partial charge is 0.268 e. The maximum Gasteiger partial charge on any atom is 0.268 e. The molecule has 0 spiro atoms. The number of nitrogens with zero attached hydrogens (tertiary/aromatic N) is 2. The van der Waals surface area contributed by atoms with Crippen molar-refractivity contribution in [2.75, 3.05) is 22.9 Å². The molecule has 1 saturated heterocycles. The molecule has 0 amide bonds. The second kappa shape index (κ2) is 4.96. The van der Waals surface area contributed by atoms with Crippen LogP contribution in [0.4, 0.5) is 20.8 Å². The Balaban J connectivity index is 1.72. The molecule has 2 fully saturated rings. The lowest BCUT2D eigenvalue weighted by molar-refractivity contribution is 0.622. The summed E-state index contributed by atoms with van der Waals surface area (Å²) in [6, 6.07) is 3.94. The first-order valence-corrected chi connectivity index (χ1v) is 9.25. The van der Waals surface area contributed by atoms with Crippen LogP contribution in [0.15, 0.2) is 23.5 Å². The van der Waals surface area contributed by atoms with Crippen molar-refractivity contribution < 1.29 is 4.39 Å². The van der Waals surface area contributed by atoms with Gasteiger partial charge in [-0.15, -0.1) is 0 Å². The van der Waals surface area contributed by atoms with Gasteiger partial charge in [-0.1, -0.05) is 6.58 Å². The molecule has 6 heteroatoms. The van der Waals surface area contributed by atoms with Gasteiger partial charge in [-0.05, 0) is 54.9 Å². The number of halogens is 1. The second-order valence-corrected chi connectivity index (χ2v) is 7.60. The minimum absolute atomic E-state index is 0.125. The van der Waals surface area contributed by atoms with Crippen LogP contribution in [0, 0.1) is 5.82 Å². The largest absolute Gasteiger partial charge is 0.369 e. The van der Waals surface area contributed by atoms with Gasteiger partial charge in [0.1, 0.15) is 10.8 Å². The van der Waals surface area contributed by atoms with Crippen LogP contribution in [-0.2, 0) is 0 Å². The maximum absolute atomic E-state index is 14.8. The second-order valence-electron chi connectivity index (χ2n) is 6.81. The number of hydrogen-bond donors (Lipinski definition) is 1. The van der Waals surface area contributed by atoms with Gasteiger partial charge in [0.05, 0.1) is 16.9 Å². The lowest BCUT2D eigenvalue weighted by Crippen LogP contribution is -2.27. The van der Waals surface area contributed by atoms with E-state index in [1.807, 2.05) is 6.07 Å². The van der Waals surface area contributed by atoms with Crippen molar-refractivity contribution in [1.29, 1.82) is 0 Å². The minimum Gasteiger partial charge on any atom is -0.369 e. The van der Waals surface area contributed by atoms with E-state index >= 15 is 0 Å². The van der Waals surface area contributed by atoms with Gasteiger partial charge in [0.25, 0.3) is 5.56 Å². The number of anilines is 3. The first kappa shape index (κ1) is 14.3. The molecule has 1 N–H and O–H groups in total. The van der Waals surface area contributed by atoms with E-state index in [9.17, 15) is 9.18 Å². The number of fused-ring (bicyclic) bond motifs is 2. The summed E-state index contributed by atoms with van der Waals surface area (Å²) < 4.78 is 17.6. The van der Waals surface area contributed by atoms with Crippen molar-refractivity contribution in [1.82, 2.24) is 4.37 Å². The molecule has 1 aliphatic carbocycles. The summed E-state index contributed by atoms with van der Waals surface area (Å²) in [7, 11) is 0. The number of rotatable bonds is 2. The third-order valence-corrected chi connectivity index (χ3v) is 6.09. The highest BCUT2D eigenvalue weighted by Gasteiger charge is 2.39. The molecule has 0 atom stereocenters. The molecule has 1 aromatic carbocycles. The summed E-state index contributed by atoms with van der Waals surface area (Å²) in [6.07, 6.45) is 4.43. The Morgan fingerprint density at radius 2 is 1.96 bits per heavy atom. The van der Waals surface area contributed by atoms with Crippen molar-refractivity contribution in [3.8, 4) is 0 Å². The molecule has 4 nitrogen and oxygen atoms in total. The van der Waals surface area contributed by atoms with Crippen LogP contribution < -0.4 is 15.4 Å². The highest BCUT2D eigenvalue weighted by Crippen LogP contribution is 2.51. The molecule has 0 radical (unpaired) electrons. The molecule has 2 aromatic rings. The fourth-order valence-electron chi connectivity index (χ4n) is 3.86. The van der Waals surface area contributed by atoms with Gasteiger partial charge < -0.3 is 9.80 Å². The third-order valence-electron chi connectivity index (χ3n) is 5.21. The first-order chi connectivity index (χ1) is 11.6. The molecule has 1 saturated carbocycles. The Morgan fingerprint density at radius 1 is 1.21 bits per heavy atom. The third kappa shape index (κ3) is 1.92. The Morgan fingerprint density at radius 3 is 2.67 bits per heavy atom. The van der Waals surface area contributed by atoms with Crippen LogP contribution in [0.25, 0.3) is 5.57 Å². The molecule has 124 valence electrons. The van der Waals surface area contributed by atoms with E-state index in [4.69, 9.17) is 0 Å². The highest BCUT2D eigenvalue weighted by atomic mass is 32.1. The van der Waals surface area contributed by atoms with Crippen molar-refractivity contribution in [3.05, 3.63) is 46.0 Å². The zero-order chi connectivity index (χ0) is 16.4. The summed E-state index contributed by atoms with van der Waals surface area (Å²) in [5.74, 6) is -0.220. The molecule has 2 aliphatic heterocycles. The van der Waals surface area contributed by atoms with Gasteiger partial charge in [0.2, 0.25) is 0 Å². The van der Waals surface area contributed by atoms with E-state index in [0.29, 0.717) is 22.9 Å². The summed E-state index contributed by atoms with van der Waals surface area (Å²) in [5.41, 5.74) is 3.53. The maximum atomic E-state index is 14.8. The molecular formula is C18H18FN3OS. The van der Waals surface area contributed by atoms with Gasteiger partial charge in [0, 0.05) is 24.7 Å². The Bertz CT molecular complexity index is 905. The van der Waals surface area contributed by atoms with Crippen LogP contribution >= 0.6 is 11.5 Å². The Kier molecular flexibility index (Phi) is 2.95. The minimum atomic E-state index is -0.220. The fourth-order valence-corrected chi connectivity index (χ4v) is 4.82. The van der Waals surface area contributed by atoms with Crippen molar-refractivity contribution in [3.63, 3.8) is 0 Å². The van der Waals surface area contributed by atoms with E-state index < -0.39 is 0 Å². The van der Waals surface area contributed by atoms with Crippen molar-refractivity contribution in [2.24, 2.45) is 0 Å². The predicted molar refractivity (Wildman–Crippen MR) is 96.1 cm³/mol. The van der Waals surface area contributed by atoms with Crippen molar-refractivity contribution in [2.45, 2.75) is 31.7 Å². The number of aromatic nitrogens is 1. The Labute approximate surface area is 143 Å². The standard InChI is InChI=1S/C18H18FN3OS/c1-10-12-8-13(19)15(21-6-2-3-7-21)9-14(12)22(11-4-5-11)18-16(10)17(23)20-24-18/h8-9,11H,1-7H2,(H,20,23). The molecule has 5 rings (SSSR count). The average molecular weight is 343 g/mol. The monoisotopic (exact) mass is 343 g/mol. The molecule has 1 aromatic heterocycles. The number of benzene rings is 1. The number of aromatic amines is 1. The quantitative estimate of drug-likeness (QED) is 0.900. The number of nitrogens with one attached hydrogen (secondary N) is 1. The first-order valence-electron chi connectivity index (χ1n) is 8.44. The zero-order valence-electron chi connectivity index (χ0n) is 13.3. The normalized spacial score (nSPS) is 19.6. The Hall–Kier alpha value is -2.08. The van der Waals surface area contributed by atoms with E-state index in [0.717, 1.165) is 55.0 Å². The summed E-state index contributed by atoms with van der Waals surface area (Å²) in [5, 5.41) is 0.930. The van der Waals surface area contributed by atoms with Crippen LogP contribution in [0.2, 0.25) is 0 Å². The number of H-pyrrole nitrogens is 1. The van der Waals surface area contributed by atoms with Gasteiger partial charge in [0.15, 0.2) is 0 Å². The molecule has 3 heterocycles. The van der Waals surface area contributed by atoms with Crippen LogP contribution in [-0.4, -0.2) is 23.5 Å². The topological polar surface area (TPSA) is 39.3 Å².